The topological polar surface area (TPSA) is 55.8 Å². The minimum atomic E-state index is -1.29. The first-order valence-corrected chi connectivity index (χ1v) is 6.44. The number of halogens is 1. The van der Waals surface area contributed by atoms with Gasteiger partial charge in [-0.1, -0.05) is 5.56 Å². The predicted molar refractivity (Wildman–Crippen MR) is 73.8 cm³/mol. The lowest BCUT2D eigenvalue weighted by Crippen LogP contribution is -2.41. The molecule has 0 unspecified atom stereocenters. The van der Waals surface area contributed by atoms with Crippen LogP contribution in [0.5, 0.6) is 0 Å². The maximum absolute atomic E-state index is 13.8. The summed E-state index contributed by atoms with van der Waals surface area (Å²) in [5.74, 6) is -2.07. The number of aryl methyl sites for hydroxylation is 1. The van der Waals surface area contributed by atoms with Crippen molar-refractivity contribution in [2.75, 3.05) is 0 Å². The third kappa shape index (κ3) is 2.34. The Morgan fingerprint density at radius 2 is 1.70 bits per heavy atom. The smallest absolute Gasteiger partial charge is 0.478 e. The third-order valence-corrected chi connectivity index (χ3v) is 4.09. The van der Waals surface area contributed by atoms with Crippen molar-refractivity contribution in [1.29, 1.82) is 0 Å². The highest BCUT2D eigenvalue weighted by atomic mass is 19.1. The Morgan fingerprint density at radius 3 is 2.15 bits per heavy atom. The fourth-order valence-corrected chi connectivity index (χ4v) is 2.08. The van der Waals surface area contributed by atoms with Crippen LogP contribution < -0.4 is 5.46 Å². The molecule has 1 heterocycles. The van der Waals surface area contributed by atoms with Crippen molar-refractivity contribution in [2.24, 2.45) is 0 Å². The molecule has 108 valence electrons. The van der Waals surface area contributed by atoms with Gasteiger partial charge in [-0.25, -0.2) is 9.18 Å². The average molecular weight is 280 g/mol. The van der Waals surface area contributed by atoms with Gasteiger partial charge in [-0.15, -0.1) is 0 Å². The van der Waals surface area contributed by atoms with E-state index in [1.807, 2.05) is 27.7 Å². The van der Waals surface area contributed by atoms with Gasteiger partial charge in [-0.2, -0.15) is 0 Å². The Hall–Kier alpha value is -1.40. The third-order valence-electron chi connectivity index (χ3n) is 4.09. The lowest BCUT2D eigenvalue weighted by molar-refractivity contribution is 0.00578. The summed E-state index contributed by atoms with van der Waals surface area (Å²) in [4.78, 5) is 10.9. The summed E-state index contributed by atoms with van der Waals surface area (Å²) in [6.07, 6.45) is 0. The normalized spacial score (nSPS) is 20.2. The van der Waals surface area contributed by atoms with E-state index in [0.717, 1.165) is 0 Å². The zero-order chi connectivity index (χ0) is 15.3. The van der Waals surface area contributed by atoms with Crippen molar-refractivity contribution in [1.82, 2.24) is 0 Å². The van der Waals surface area contributed by atoms with Crippen LogP contribution in [-0.2, 0) is 9.31 Å². The fourth-order valence-electron chi connectivity index (χ4n) is 2.08. The van der Waals surface area contributed by atoms with Crippen LogP contribution in [0.3, 0.4) is 0 Å². The van der Waals surface area contributed by atoms with Crippen molar-refractivity contribution in [3.8, 4) is 0 Å². The number of aromatic carboxylic acids is 1. The summed E-state index contributed by atoms with van der Waals surface area (Å²) in [5.41, 5.74) is -0.241. The van der Waals surface area contributed by atoms with Gasteiger partial charge in [0, 0.05) is 0 Å². The van der Waals surface area contributed by atoms with Gasteiger partial charge in [-0.05, 0) is 52.2 Å². The van der Waals surface area contributed by atoms with E-state index >= 15 is 0 Å². The maximum atomic E-state index is 13.8. The number of carboxylic acids is 1. The summed E-state index contributed by atoms with van der Waals surface area (Å²) in [6.45, 7) is 9.34. The van der Waals surface area contributed by atoms with Gasteiger partial charge in [0.2, 0.25) is 0 Å². The van der Waals surface area contributed by atoms with E-state index in [-0.39, 0.29) is 5.56 Å². The minimum absolute atomic E-state index is 0.345. The Kier molecular flexibility index (Phi) is 3.43. The molecule has 0 aromatic heterocycles. The van der Waals surface area contributed by atoms with Gasteiger partial charge < -0.3 is 14.4 Å². The second-order valence-electron chi connectivity index (χ2n) is 6.08. The highest BCUT2D eigenvalue weighted by molar-refractivity contribution is 6.62. The standard InChI is InChI=1S/C14H18BFO4/c1-8-6-9(12(17)18)11(16)7-10(8)15-19-13(2,3)14(4,5)20-15/h6-7H,1-5H3,(H,17,18). The second kappa shape index (κ2) is 4.57. The molecule has 1 fully saturated rings. The molecule has 0 aliphatic carbocycles. The summed E-state index contributed by atoms with van der Waals surface area (Å²) in [6, 6.07) is 2.49. The molecule has 20 heavy (non-hydrogen) atoms. The van der Waals surface area contributed by atoms with Crippen LogP contribution in [0, 0.1) is 12.7 Å². The van der Waals surface area contributed by atoms with Gasteiger partial charge in [0.15, 0.2) is 0 Å². The van der Waals surface area contributed by atoms with E-state index in [4.69, 9.17) is 14.4 Å². The predicted octanol–water partition coefficient (Wildman–Crippen LogP) is 2.13. The Morgan fingerprint density at radius 1 is 1.20 bits per heavy atom. The highest BCUT2D eigenvalue weighted by Crippen LogP contribution is 2.36. The minimum Gasteiger partial charge on any atom is -0.478 e. The van der Waals surface area contributed by atoms with Crippen molar-refractivity contribution in [2.45, 2.75) is 45.8 Å². The molecule has 1 saturated heterocycles. The molecule has 0 spiro atoms. The molecule has 1 aliphatic rings. The summed E-state index contributed by atoms with van der Waals surface area (Å²) >= 11 is 0. The van der Waals surface area contributed by atoms with Crippen LogP contribution in [0.25, 0.3) is 0 Å². The molecular formula is C14H18BFO4. The number of hydrogen-bond acceptors (Lipinski definition) is 3. The fraction of sp³-hybridized carbons (Fsp3) is 0.500. The average Bonchev–Trinajstić information content (AvgIpc) is 2.50. The Labute approximate surface area is 118 Å². The zero-order valence-electron chi connectivity index (χ0n) is 12.3. The number of rotatable bonds is 2. The van der Waals surface area contributed by atoms with Gasteiger partial charge >= 0.3 is 13.1 Å². The first-order chi connectivity index (χ1) is 9.05. The molecule has 1 N–H and O–H groups in total. The van der Waals surface area contributed by atoms with Crippen molar-refractivity contribution >= 4 is 18.6 Å². The lowest BCUT2D eigenvalue weighted by atomic mass is 9.75. The summed E-state index contributed by atoms with van der Waals surface area (Å²) in [5, 5.41) is 8.91. The molecule has 0 radical (unpaired) electrons. The SMILES string of the molecule is Cc1cc(C(=O)O)c(F)cc1B1OC(C)(C)C(C)(C)O1. The summed E-state index contributed by atoms with van der Waals surface area (Å²) < 4.78 is 25.5. The van der Waals surface area contributed by atoms with E-state index in [2.05, 4.69) is 0 Å². The molecule has 0 bridgehead atoms. The monoisotopic (exact) mass is 280 g/mol. The van der Waals surface area contributed by atoms with Gasteiger partial charge in [0.25, 0.3) is 0 Å². The van der Waals surface area contributed by atoms with Crippen LogP contribution in [0.15, 0.2) is 12.1 Å². The lowest BCUT2D eigenvalue weighted by Gasteiger charge is -2.32. The first-order valence-electron chi connectivity index (χ1n) is 6.44. The van der Waals surface area contributed by atoms with Crippen molar-refractivity contribution in [3.05, 3.63) is 29.1 Å². The molecule has 1 aromatic carbocycles. The first kappa shape index (κ1) is 15.0. The largest absolute Gasteiger partial charge is 0.495 e. The van der Waals surface area contributed by atoms with E-state index in [9.17, 15) is 9.18 Å². The second-order valence-corrected chi connectivity index (χ2v) is 6.08. The number of benzene rings is 1. The molecule has 6 heteroatoms. The number of carbonyl (C=O) groups is 1. The van der Waals surface area contributed by atoms with Crippen LogP contribution in [-0.4, -0.2) is 29.4 Å². The van der Waals surface area contributed by atoms with Crippen molar-refractivity contribution < 1.29 is 23.6 Å². The van der Waals surface area contributed by atoms with Crippen LogP contribution in [0.4, 0.5) is 4.39 Å². The van der Waals surface area contributed by atoms with E-state index in [0.29, 0.717) is 11.0 Å². The molecular weight excluding hydrogens is 262 g/mol. The number of carboxylic acid groups (broad SMARTS) is 1. The summed E-state index contributed by atoms with van der Waals surface area (Å²) in [7, 11) is -0.697. The molecule has 2 rings (SSSR count). The van der Waals surface area contributed by atoms with Gasteiger partial charge in [0.05, 0.1) is 16.8 Å². The molecule has 1 aromatic rings. The van der Waals surface area contributed by atoms with E-state index in [1.54, 1.807) is 6.92 Å². The Balaban J connectivity index is 2.41. The highest BCUT2D eigenvalue weighted by Gasteiger charge is 2.52. The maximum Gasteiger partial charge on any atom is 0.495 e. The van der Waals surface area contributed by atoms with Crippen LogP contribution in [0.1, 0.15) is 43.6 Å². The van der Waals surface area contributed by atoms with Gasteiger partial charge in [0.1, 0.15) is 5.82 Å². The van der Waals surface area contributed by atoms with Crippen molar-refractivity contribution in [3.63, 3.8) is 0 Å². The quantitative estimate of drug-likeness (QED) is 0.843. The van der Waals surface area contributed by atoms with Crippen LogP contribution >= 0.6 is 0 Å². The molecule has 1 aliphatic heterocycles. The molecule has 4 nitrogen and oxygen atoms in total. The zero-order valence-corrected chi connectivity index (χ0v) is 12.3. The number of hydrogen-bond donors (Lipinski definition) is 1. The molecule has 0 amide bonds. The van der Waals surface area contributed by atoms with E-state index < -0.39 is 30.1 Å². The molecule has 0 atom stereocenters. The molecule has 0 saturated carbocycles. The van der Waals surface area contributed by atoms with E-state index in [1.165, 1.54) is 12.1 Å². The van der Waals surface area contributed by atoms with Gasteiger partial charge in [-0.3, -0.25) is 0 Å². The Bertz CT molecular complexity index is 553. The van der Waals surface area contributed by atoms with Crippen LogP contribution in [0.2, 0.25) is 0 Å².